The Kier molecular flexibility index (Phi) is 5.45. The number of carbonyl (C=O) groups is 1. The van der Waals surface area contributed by atoms with Crippen LogP contribution in [0.25, 0.3) is 0 Å². The first-order valence-electron chi connectivity index (χ1n) is 8.57. The fourth-order valence-electron chi connectivity index (χ4n) is 3.35. The van der Waals surface area contributed by atoms with Crippen LogP contribution in [0.1, 0.15) is 34.9 Å². The monoisotopic (exact) mass is 377 g/mol. The summed E-state index contributed by atoms with van der Waals surface area (Å²) < 4.78 is 29.2. The van der Waals surface area contributed by atoms with Gasteiger partial charge in [0.25, 0.3) is 0 Å². The average molecular weight is 377 g/mol. The second-order valence-corrected chi connectivity index (χ2v) is 8.27. The van der Waals surface area contributed by atoms with Crippen LogP contribution in [0.3, 0.4) is 0 Å². The summed E-state index contributed by atoms with van der Waals surface area (Å²) in [4.78, 5) is 13.4. The highest BCUT2D eigenvalue weighted by Crippen LogP contribution is 2.25. The lowest BCUT2D eigenvalue weighted by Crippen LogP contribution is -2.36. The number of aromatic carboxylic acids is 1. The van der Waals surface area contributed by atoms with Crippen molar-refractivity contribution >= 4 is 16.0 Å². The largest absolute Gasteiger partial charge is 0.477 e. The van der Waals surface area contributed by atoms with Gasteiger partial charge in [-0.3, -0.25) is 4.90 Å². The van der Waals surface area contributed by atoms with Crippen molar-refractivity contribution in [3.8, 4) is 0 Å². The van der Waals surface area contributed by atoms with Crippen molar-refractivity contribution in [2.75, 3.05) is 19.6 Å². The topological polar surface area (TPSA) is 91.6 Å². The number of likely N-dealkylation sites (tertiary alicyclic amines) is 1. The standard InChI is InChI=1S/C18H23N3O4S/c1-20-13-15(11-16(20)18(22)23)26(24,25)19-12-17(21-9-5-6-10-21)14-7-3-2-4-8-14/h2-4,7-8,11,13,17,19H,5-6,9-10,12H2,1H3,(H,22,23)/t17-/m1/s1. The number of carboxylic acids is 1. The molecule has 0 bridgehead atoms. The third kappa shape index (κ3) is 3.98. The normalized spacial score (nSPS) is 16.7. The average Bonchev–Trinajstić information content (AvgIpc) is 3.26. The van der Waals surface area contributed by atoms with E-state index >= 15 is 0 Å². The third-order valence-electron chi connectivity index (χ3n) is 4.74. The molecule has 3 rings (SSSR count). The molecule has 0 amide bonds. The second-order valence-electron chi connectivity index (χ2n) is 6.50. The van der Waals surface area contributed by atoms with Gasteiger partial charge in [-0.2, -0.15) is 0 Å². The van der Waals surface area contributed by atoms with Gasteiger partial charge in [-0.05, 0) is 37.6 Å². The quantitative estimate of drug-likeness (QED) is 0.768. The van der Waals surface area contributed by atoms with E-state index in [1.54, 1.807) is 0 Å². The number of carboxylic acid groups (broad SMARTS) is 1. The molecule has 1 saturated heterocycles. The molecule has 1 atom stereocenters. The summed E-state index contributed by atoms with van der Waals surface area (Å²) in [6.07, 6.45) is 3.53. The van der Waals surface area contributed by atoms with E-state index in [4.69, 9.17) is 5.11 Å². The highest BCUT2D eigenvalue weighted by Gasteiger charge is 2.26. The Morgan fingerprint density at radius 1 is 1.23 bits per heavy atom. The van der Waals surface area contributed by atoms with Gasteiger partial charge in [-0.25, -0.2) is 17.9 Å². The molecular formula is C18H23N3O4S. The van der Waals surface area contributed by atoms with Gasteiger partial charge in [-0.1, -0.05) is 30.3 Å². The molecule has 2 aromatic rings. The third-order valence-corrected chi connectivity index (χ3v) is 6.13. The highest BCUT2D eigenvalue weighted by molar-refractivity contribution is 7.89. The molecule has 1 aliphatic rings. The lowest BCUT2D eigenvalue weighted by atomic mass is 10.1. The summed E-state index contributed by atoms with van der Waals surface area (Å²) in [5, 5.41) is 9.11. The molecule has 1 fully saturated rings. The summed E-state index contributed by atoms with van der Waals surface area (Å²) >= 11 is 0. The summed E-state index contributed by atoms with van der Waals surface area (Å²) in [6, 6.07) is 11.0. The zero-order chi connectivity index (χ0) is 18.7. The maximum absolute atomic E-state index is 12.6. The molecule has 0 radical (unpaired) electrons. The van der Waals surface area contributed by atoms with Crippen molar-refractivity contribution in [1.29, 1.82) is 0 Å². The van der Waals surface area contributed by atoms with Crippen LogP contribution in [0.4, 0.5) is 0 Å². The first-order chi connectivity index (χ1) is 12.4. The van der Waals surface area contributed by atoms with Gasteiger partial charge < -0.3 is 9.67 Å². The molecule has 2 heterocycles. The lowest BCUT2D eigenvalue weighted by molar-refractivity contribution is 0.0686. The van der Waals surface area contributed by atoms with Crippen molar-refractivity contribution in [2.24, 2.45) is 7.05 Å². The van der Waals surface area contributed by atoms with E-state index in [0.717, 1.165) is 31.5 Å². The Labute approximate surface area is 153 Å². The predicted octanol–water partition coefficient (Wildman–Crippen LogP) is 1.84. The molecule has 1 aliphatic heterocycles. The molecule has 0 unspecified atom stereocenters. The zero-order valence-corrected chi connectivity index (χ0v) is 15.4. The Bertz CT molecular complexity index is 871. The van der Waals surface area contributed by atoms with Crippen LogP contribution in [0.2, 0.25) is 0 Å². The molecule has 1 aromatic carbocycles. The van der Waals surface area contributed by atoms with Gasteiger partial charge in [0, 0.05) is 25.8 Å². The second kappa shape index (κ2) is 7.61. The number of aryl methyl sites for hydroxylation is 1. The van der Waals surface area contributed by atoms with Gasteiger partial charge >= 0.3 is 5.97 Å². The van der Waals surface area contributed by atoms with Crippen molar-refractivity contribution in [1.82, 2.24) is 14.2 Å². The van der Waals surface area contributed by atoms with E-state index in [0.29, 0.717) is 0 Å². The van der Waals surface area contributed by atoms with E-state index < -0.39 is 16.0 Å². The van der Waals surface area contributed by atoms with E-state index in [9.17, 15) is 13.2 Å². The number of nitrogens with zero attached hydrogens (tertiary/aromatic N) is 2. The van der Waals surface area contributed by atoms with Crippen LogP contribution in [-0.4, -0.2) is 48.6 Å². The minimum absolute atomic E-state index is 0.0365. The number of aromatic nitrogens is 1. The van der Waals surface area contributed by atoms with Crippen LogP contribution >= 0.6 is 0 Å². The van der Waals surface area contributed by atoms with E-state index in [1.807, 2.05) is 30.3 Å². The summed E-state index contributed by atoms with van der Waals surface area (Å²) in [6.45, 7) is 2.12. The molecule has 2 N–H and O–H groups in total. The minimum Gasteiger partial charge on any atom is -0.477 e. The first-order valence-corrected chi connectivity index (χ1v) is 10.0. The maximum atomic E-state index is 12.6. The smallest absolute Gasteiger partial charge is 0.352 e. The van der Waals surface area contributed by atoms with Gasteiger partial charge in [0.05, 0.1) is 0 Å². The molecule has 0 saturated carbocycles. The van der Waals surface area contributed by atoms with Gasteiger partial charge in [0.1, 0.15) is 10.6 Å². The van der Waals surface area contributed by atoms with Crippen LogP contribution < -0.4 is 4.72 Å². The fourth-order valence-corrected chi connectivity index (χ4v) is 4.46. The van der Waals surface area contributed by atoms with Crippen molar-refractivity contribution in [3.63, 3.8) is 0 Å². The van der Waals surface area contributed by atoms with Crippen LogP contribution in [0.15, 0.2) is 47.5 Å². The maximum Gasteiger partial charge on any atom is 0.352 e. The van der Waals surface area contributed by atoms with Crippen molar-refractivity contribution in [2.45, 2.75) is 23.8 Å². The molecule has 26 heavy (non-hydrogen) atoms. The summed E-state index contributed by atoms with van der Waals surface area (Å²) in [5.41, 5.74) is 1.00. The van der Waals surface area contributed by atoms with E-state index in [-0.39, 0.29) is 23.2 Å². The van der Waals surface area contributed by atoms with Gasteiger partial charge in [0.2, 0.25) is 10.0 Å². The number of nitrogens with one attached hydrogen (secondary N) is 1. The molecule has 140 valence electrons. The lowest BCUT2D eigenvalue weighted by Gasteiger charge is -2.28. The van der Waals surface area contributed by atoms with Gasteiger partial charge in [-0.15, -0.1) is 0 Å². The summed E-state index contributed by atoms with van der Waals surface area (Å²) in [7, 11) is -2.28. The Hall–Kier alpha value is -2.16. The molecule has 1 aromatic heterocycles. The van der Waals surface area contributed by atoms with E-state index in [1.165, 1.54) is 23.9 Å². The van der Waals surface area contributed by atoms with Gasteiger partial charge in [0.15, 0.2) is 0 Å². The van der Waals surface area contributed by atoms with Crippen LogP contribution in [-0.2, 0) is 17.1 Å². The number of benzene rings is 1. The zero-order valence-electron chi connectivity index (χ0n) is 14.6. The van der Waals surface area contributed by atoms with Crippen LogP contribution in [0.5, 0.6) is 0 Å². The SMILES string of the molecule is Cn1cc(S(=O)(=O)NC[C@H](c2ccccc2)N2CCCC2)cc1C(=O)O. The Morgan fingerprint density at radius 2 is 1.88 bits per heavy atom. The fraction of sp³-hybridized carbons (Fsp3) is 0.389. The molecule has 8 heteroatoms. The predicted molar refractivity (Wildman–Crippen MR) is 97.6 cm³/mol. The molecule has 0 spiro atoms. The van der Waals surface area contributed by atoms with Crippen molar-refractivity contribution < 1.29 is 18.3 Å². The Morgan fingerprint density at radius 3 is 2.46 bits per heavy atom. The number of hydrogen-bond donors (Lipinski definition) is 2. The minimum atomic E-state index is -3.79. The van der Waals surface area contributed by atoms with Crippen molar-refractivity contribution in [3.05, 3.63) is 53.9 Å². The number of sulfonamides is 1. The molecular weight excluding hydrogens is 354 g/mol. The van der Waals surface area contributed by atoms with E-state index in [2.05, 4.69) is 9.62 Å². The summed E-state index contributed by atoms with van der Waals surface area (Å²) in [5.74, 6) is -1.16. The Balaban J connectivity index is 1.79. The molecule has 0 aliphatic carbocycles. The number of hydrogen-bond acceptors (Lipinski definition) is 4. The van der Waals surface area contributed by atoms with Crippen LogP contribution in [0, 0.1) is 0 Å². The molecule has 7 nitrogen and oxygen atoms in total. The first kappa shape index (κ1) is 18.6. The number of rotatable bonds is 7. The highest BCUT2D eigenvalue weighted by atomic mass is 32.2.